The van der Waals surface area contributed by atoms with Crippen molar-refractivity contribution in [2.75, 3.05) is 18.5 Å². The van der Waals surface area contributed by atoms with Crippen LogP contribution in [-0.2, 0) is 10.5 Å². The van der Waals surface area contributed by atoms with Gasteiger partial charge in [0.25, 0.3) is 5.69 Å². The first-order chi connectivity index (χ1) is 13.7. The minimum absolute atomic E-state index is 0.0938. The van der Waals surface area contributed by atoms with Crippen LogP contribution in [-0.4, -0.2) is 34.1 Å². The monoisotopic (exact) mass is 396 g/mol. The van der Waals surface area contributed by atoms with E-state index >= 15 is 0 Å². The molecule has 1 atom stereocenters. The van der Waals surface area contributed by atoms with Gasteiger partial charge >= 0.3 is 0 Å². The summed E-state index contributed by atoms with van der Waals surface area (Å²) in [6.45, 7) is 1.56. The van der Waals surface area contributed by atoms with E-state index in [1.807, 2.05) is 24.3 Å². The van der Waals surface area contributed by atoms with E-state index in [1.165, 1.54) is 23.9 Å². The molecule has 0 radical (unpaired) electrons. The van der Waals surface area contributed by atoms with Crippen molar-refractivity contribution in [1.29, 1.82) is 0 Å². The van der Waals surface area contributed by atoms with Crippen LogP contribution in [0, 0.1) is 10.1 Å². The molecule has 0 unspecified atom stereocenters. The Hall–Kier alpha value is -2.71. The normalized spacial score (nSPS) is 16.4. The molecule has 1 aliphatic heterocycles. The lowest BCUT2D eigenvalue weighted by molar-refractivity contribution is -0.384. The summed E-state index contributed by atoms with van der Waals surface area (Å²) in [5.74, 6) is 1.45. The highest BCUT2D eigenvalue weighted by molar-refractivity contribution is 7.98. The minimum atomic E-state index is -0.393. The number of thioether (sulfide) groups is 1. The molecule has 1 fully saturated rings. The fraction of sp³-hybridized carbons (Fsp3) is 0.300. The Labute approximate surface area is 166 Å². The summed E-state index contributed by atoms with van der Waals surface area (Å²) in [6.07, 6.45) is 2.40. The molecule has 1 saturated heterocycles. The number of hydrogen-bond acceptors (Lipinski definition) is 7. The second-order valence-corrected chi connectivity index (χ2v) is 7.54. The van der Waals surface area contributed by atoms with Gasteiger partial charge in [0, 0.05) is 36.4 Å². The van der Waals surface area contributed by atoms with E-state index in [9.17, 15) is 10.1 Å². The van der Waals surface area contributed by atoms with E-state index in [-0.39, 0.29) is 11.8 Å². The molecule has 1 aromatic heterocycles. The summed E-state index contributed by atoms with van der Waals surface area (Å²) in [7, 11) is 0. The van der Waals surface area contributed by atoms with E-state index in [2.05, 4.69) is 10.3 Å². The molecule has 0 amide bonds. The molecule has 1 aliphatic rings. The molecule has 3 aromatic rings. The summed E-state index contributed by atoms with van der Waals surface area (Å²) < 4.78 is 5.69. The number of fused-ring (bicyclic) bond motifs is 1. The molecular formula is C20H20N4O3S. The zero-order valence-electron chi connectivity index (χ0n) is 15.2. The van der Waals surface area contributed by atoms with Gasteiger partial charge in [-0.05, 0) is 30.5 Å². The topological polar surface area (TPSA) is 90.2 Å². The number of nitro benzene ring substituents is 1. The molecule has 0 bridgehead atoms. The Morgan fingerprint density at radius 1 is 1.18 bits per heavy atom. The highest BCUT2D eigenvalue weighted by Crippen LogP contribution is 2.27. The van der Waals surface area contributed by atoms with Crippen molar-refractivity contribution in [3.63, 3.8) is 0 Å². The lowest BCUT2D eigenvalue weighted by Crippen LogP contribution is -2.19. The Kier molecular flexibility index (Phi) is 5.68. The molecule has 0 spiro atoms. The second-order valence-electron chi connectivity index (χ2n) is 6.60. The van der Waals surface area contributed by atoms with Crippen molar-refractivity contribution in [2.45, 2.75) is 29.9 Å². The maximum absolute atomic E-state index is 10.8. The Balaban J connectivity index is 1.50. The van der Waals surface area contributed by atoms with Crippen LogP contribution in [0.5, 0.6) is 0 Å². The first-order valence-corrected chi connectivity index (χ1v) is 10.2. The van der Waals surface area contributed by atoms with Crippen molar-refractivity contribution in [1.82, 2.24) is 9.97 Å². The summed E-state index contributed by atoms with van der Waals surface area (Å²) in [4.78, 5) is 19.7. The first-order valence-electron chi connectivity index (χ1n) is 9.17. The van der Waals surface area contributed by atoms with Gasteiger partial charge in [0.2, 0.25) is 0 Å². The van der Waals surface area contributed by atoms with Gasteiger partial charge in [0.05, 0.1) is 16.5 Å². The summed E-state index contributed by atoms with van der Waals surface area (Å²) in [5, 5.41) is 15.9. The zero-order chi connectivity index (χ0) is 19.3. The van der Waals surface area contributed by atoms with Gasteiger partial charge in [0.1, 0.15) is 5.82 Å². The first kappa shape index (κ1) is 18.6. The quantitative estimate of drug-likeness (QED) is 0.274. The number of nitrogens with one attached hydrogen (secondary N) is 1. The number of para-hydroxylation sites is 1. The zero-order valence-corrected chi connectivity index (χ0v) is 16.0. The largest absolute Gasteiger partial charge is 0.376 e. The molecule has 2 aromatic carbocycles. The maximum Gasteiger partial charge on any atom is 0.269 e. The maximum atomic E-state index is 10.8. The summed E-state index contributed by atoms with van der Waals surface area (Å²) in [5.41, 5.74) is 1.97. The van der Waals surface area contributed by atoms with Crippen LogP contribution >= 0.6 is 11.8 Å². The molecule has 0 aliphatic carbocycles. The molecular weight excluding hydrogens is 376 g/mol. The molecule has 0 saturated carbocycles. The van der Waals surface area contributed by atoms with Crippen LogP contribution in [0.15, 0.2) is 53.7 Å². The van der Waals surface area contributed by atoms with Gasteiger partial charge in [0.15, 0.2) is 5.16 Å². The van der Waals surface area contributed by atoms with Gasteiger partial charge in [-0.2, -0.15) is 0 Å². The molecule has 8 heteroatoms. The fourth-order valence-corrected chi connectivity index (χ4v) is 3.94. The van der Waals surface area contributed by atoms with Crippen LogP contribution < -0.4 is 5.32 Å². The SMILES string of the molecule is O=[N+]([O-])c1ccc(CSc2nc(NC[C@@H]3CCCO3)c3ccccc3n2)cc1. The van der Waals surface area contributed by atoms with E-state index < -0.39 is 4.92 Å². The number of benzene rings is 2. The Morgan fingerprint density at radius 2 is 2.00 bits per heavy atom. The van der Waals surface area contributed by atoms with Gasteiger partial charge in [-0.25, -0.2) is 9.97 Å². The van der Waals surface area contributed by atoms with Crippen molar-refractivity contribution >= 4 is 34.2 Å². The van der Waals surface area contributed by atoms with Crippen LogP contribution in [0.3, 0.4) is 0 Å². The highest BCUT2D eigenvalue weighted by Gasteiger charge is 2.16. The number of nitro groups is 1. The van der Waals surface area contributed by atoms with Gasteiger partial charge in [-0.1, -0.05) is 36.0 Å². The average Bonchev–Trinajstić information content (AvgIpc) is 3.24. The third kappa shape index (κ3) is 4.40. The van der Waals surface area contributed by atoms with E-state index in [0.29, 0.717) is 10.9 Å². The number of aromatic nitrogens is 2. The predicted octanol–water partition coefficient (Wildman–Crippen LogP) is 4.42. The lowest BCUT2D eigenvalue weighted by Gasteiger charge is -2.14. The molecule has 7 nitrogen and oxygen atoms in total. The third-order valence-corrected chi connectivity index (χ3v) is 5.54. The van der Waals surface area contributed by atoms with Gasteiger partial charge < -0.3 is 10.1 Å². The number of ether oxygens (including phenoxy) is 1. The third-order valence-electron chi connectivity index (χ3n) is 4.62. The number of rotatable bonds is 7. The van der Waals surface area contributed by atoms with E-state index in [4.69, 9.17) is 9.72 Å². The summed E-state index contributed by atoms with van der Waals surface area (Å²) >= 11 is 1.51. The molecule has 28 heavy (non-hydrogen) atoms. The summed E-state index contributed by atoms with van der Waals surface area (Å²) in [6, 6.07) is 14.5. The fourth-order valence-electron chi connectivity index (χ4n) is 3.13. The van der Waals surface area contributed by atoms with Crippen molar-refractivity contribution in [3.8, 4) is 0 Å². The number of nitrogens with zero attached hydrogens (tertiary/aromatic N) is 3. The van der Waals surface area contributed by atoms with Crippen molar-refractivity contribution in [2.24, 2.45) is 0 Å². The van der Waals surface area contributed by atoms with Crippen molar-refractivity contribution < 1.29 is 9.66 Å². The molecule has 4 rings (SSSR count). The average molecular weight is 396 g/mol. The minimum Gasteiger partial charge on any atom is -0.376 e. The number of anilines is 1. The Morgan fingerprint density at radius 3 is 2.75 bits per heavy atom. The van der Waals surface area contributed by atoms with Crippen LogP contribution in [0.1, 0.15) is 18.4 Å². The van der Waals surface area contributed by atoms with Crippen LogP contribution in [0.25, 0.3) is 10.9 Å². The second kappa shape index (κ2) is 8.53. The van der Waals surface area contributed by atoms with Gasteiger partial charge in [-0.15, -0.1) is 0 Å². The predicted molar refractivity (Wildman–Crippen MR) is 110 cm³/mol. The van der Waals surface area contributed by atoms with Crippen LogP contribution in [0.2, 0.25) is 0 Å². The number of hydrogen-bond donors (Lipinski definition) is 1. The molecule has 2 heterocycles. The lowest BCUT2D eigenvalue weighted by atomic mass is 10.2. The van der Waals surface area contributed by atoms with Gasteiger partial charge in [-0.3, -0.25) is 10.1 Å². The molecule has 1 N–H and O–H groups in total. The number of non-ortho nitro benzene ring substituents is 1. The standard InChI is InChI=1S/C20H20N4O3S/c25-24(26)15-9-7-14(8-10-15)13-28-20-22-18-6-2-1-5-17(18)19(23-20)21-12-16-4-3-11-27-16/h1-2,5-10,16H,3-4,11-13H2,(H,21,22,23)/t16-/m0/s1. The van der Waals surface area contributed by atoms with E-state index in [0.717, 1.165) is 48.3 Å². The van der Waals surface area contributed by atoms with E-state index in [1.54, 1.807) is 12.1 Å². The smallest absolute Gasteiger partial charge is 0.269 e. The Bertz CT molecular complexity index is 975. The van der Waals surface area contributed by atoms with Crippen LogP contribution in [0.4, 0.5) is 11.5 Å². The highest BCUT2D eigenvalue weighted by atomic mass is 32.2. The molecule has 144 valence electrons. The van der Waals surface area contributed by atoms with Crippen molar-refractivity contribution in [3.05, 3.63) is 64.2 Å².